The van der Waals surface area contributed by atoms with E-state index >= 15 is 0 Å². The van der Waals surface area contributed by atoms with E-state index in [0.29, 0.717) is 6.42 Å². The third-order valence-electron chi connectivity index (χ3n) is 4.28. The maximum absolute atomic E-state index is 12.1. The highest BCUT2D eigenvalue weighted by molar-refractivity contribution is 5.89. The van der Waals surface area contributed by atoms with E-state index in [0.717, 1.165) is 39.3 Å². The molecular weight excluding hydrogens is 300 g/mol. The van der Waals surface area contributed by atoms with Crippen LogP contribution in [0.15, 0.2) is 0 Å². The first kappa shape index (κ1) is 18.0. The van der Waals surface area contributed by atoms with E-state index in [1.165, 1.54) is 7.11 Å². The molecule has 2 atom stereocenters. The van der Waals surface area contributed by atoms with Crippen molar-refractivity contribution in [2.45, 2.75) is 44.8 Å². The molecule has 0 aromatic carbocycles. The van der Waals surface area contributed by atoms with Crippen molar-refractivity contribution in [2.24, 2.45) is 5.92 Å². The molecule has 2 aliphatic rings. The zero-order valence-electron chi connectivity index (χ0n) is 14.5. The molecule has 1 saturated carbocycles. The smallest absolute Gasteiger partial charge is 0.408 e. The summed E-state index contributed by atoms with van der Waals surface area (Å²) >= 11 is 0. The minimum atomic E-state index is -0.927. The predicted molar refractivity (Wildman–Crippen MR) is 84.1 cm³/mol. The molecule has 0 unspecified atom stereocenters. The van der Waals surface area contributed by atoms with Gasteiger partial charge in [-0.3, -0.25) is 4.90 Å². The number of nitrogens with zero attached hydrogens (tertiary/aromatic N) is 1. The predicted octanol–water partition coefficient (Wildman–Crippen LogP) is 1.17. The molecule has 2 fully saturated rings. The number of ether oxygens (including phenoxy) is 3. The van der Waals surface area contributed by atoms with Crippen LogP contribution in [0.1, 0.15) is 33.6 Å². The van der Waals surface area contributed by atoms with Crippen LogP contribution in [0.25, 0.3) is 0 Å². The van der Waals surface area contributed by atoms with Crippen LogP contribution in [0.3, 0.4) is 0 Å². The van der Waals surface area contributed by atoms with Crippen molar-refractivity contribution in [1.29, 1.82) is 0 Å². The number of hydrogen-bond donors (Lipinski definition) is 1. The van der Waals surface area contributed by atoms with Crippen molar-refractivity contribution in [3.63, 3.8) is 0 Å². The van der Waals surface area contributed by atoms with Crippen molar-refractivity contribution >= 4 is 12.1 Å². The topological polar surface area (TPSA) is 77.1 Å². The first-order valence-electron chi connectivity index (χ1n) is 8.16. The van der Waals surface area contributed by atoms with Gasteiger partial charge in [-0.1, -0.05) is 0 Å². The Labute approximate surface area is 137 Å². The minimum Gasteiger partial charge on any atom is -0.467 e. The first-order valence-corrected chi connectivity index (χ1v) is 8.16. The molecule has 0 aromatic rings. The molecule has 1 aliphatic carbocycles. The molecule has 1 saturated heterocycles. The molecule has 1 aliphatic heterocycles. The van der Waals surface area contributed by atoms with Crippen molar-refractivity contribution < 1.29 is 23.8 Å². The Bertz CT molecular complexity index is 442. The molecule has 0 radical (unpaired) electrons. The van der Waals surface area contributed by atoms with Gasteiger partial charge in [0.25, 0.3) is 0 Å². The Hall–Kier alpha value is -1.34. The lowest BCUT2D eigenvalue weighted by Crippen LogP contribution is -2.48. The fourth-order valence-corrected chi connectivity index (χ4v) is 2.96. The molecular formula is C16H28N2O5. The number of rotatable bonds is 5. The number of amides is 1. The second-order valence-corrected chi connectivity index (χ2v) is 7.23. The number of carbonyl (C=O) groups excluding carboxylic acids is 2. The lowest BCUT2D eigenvalue weighted by molar-refractivity contribution is -0.145. The van der Waals surface area contributed by atoms with Gasteiger partial charge in [-0.05, 0) is 46.1 Å². The Morgan fingerprint density at radius 3 is 2.52 bits per heavy atom. The number of morpholine rings is 1. The molecule has 1 amide bonds. The van der Waals surface area contributed by atoms with E-state index in [1.54, 1.807) is 20.8 Å². The van der Waals surface area contributed by atoms with Gasteiger partial charge in [0, 0.05) is 13.1 Å². The first-order chi connectivity index (χ1) is 10.8. The van der Waals surface area contributed by atoms with Crippen molar-refractivity contribution in [1.82, 2.24) is 10.2 Å². The molecule has 2 rings (SSSR count). The van der Waals surface area contributed by atoms with Gasteiger partial charge in [0.15, 0.2) is 0 Å². The summed E-state index contributed by atoms with van der Waals surface area (Å²) in [6, 6.07) is 0. The van der Waals surface area contributed by atoms with Crippen LogP contribution in [0, 0.1) is 5.92 Å². The van der Waals surface area contributed by atoms with E-state index in [4.69, 9.17) is 14.2 Å². The highest BCUT2D eigenvalue weighted by Crippen LogP contribution is 2.47. The van der Waals surface area contributed by atoms with E-state index in [9.17, 15) is 9.59 Å². The average molecular weight is 328 g/mol. The summed E-state index contributed by atoms with van der Waals surface area (Å²) in [5, 5.41) is 2.73. The average Bonchev–Trinajstić information content (AvgIpc) is 3.17. The normalized spacial score (nSPS) is 28.1. The molecule has 1 N–H and O–H groups in total. The molecule has 7 heteroatoms. The monoisotopic (exact) mass is 328 g/mol. The van der Waals surface area contributed by atoms with Gasteiger partial charge < -0.3 is 19.5 Å². The van der Waals surface area contributed by atoms with E-state index in [-0.39, 0.29) is 5.92 Å². The van der Waals surface area contributed by atoms with Crippen LogP contribution < -0.4 is 5.32 Å². The lowest BCUT2D eigenvalue weighted by atomic mass is 10.1. The van der Waals surface area contributed by atoms with Crippen LogP contribution in [-0.4, -0.2) is 68.1 Å². The number of esters is 1. The van der Waals surface area contributed by atoms with Crippen molar-refractivity contribution in [2.75, 3.05) is 40.0 Å². The zero-order valence-corrected chi connectivity index (χ0v) is 14.5. The van der Waals surface area contributed by atoms with Gasteiger partial charge in [-0.25, -0.2) is 9.59 Å². The standard InChI is InChI=1S/C16H28N2O5/c1-15(2,3)23-14(20)17-16(13(19)21-4)11-12(16)5-6-18-7-9-22-10-8-18/h12H,5-11H2,1-4H3,(H,17,20)/t12-,16-/m1/s1. The molecule has 132 valence electrons. The number of methoxy groups -OCH3 is 1. The second kappa shape index (κ2) is 7.05. The highest BCUT2D eigenvalue weighted by Gasteiger charge is 2.62. The van der Waals surface area contributed by atoms with Crippen LogP contribution in [0.4, 0.5) is 4.79 Å². The van der Waals surface area contributed by atoms with Gasteiger partial charge in [-0.15, -0.1) is 0 Å². The molecule has 0 aromatic heterocycles. The Morgan fingerprint density at radius 1 is 1.30 bits per heavy atom. The van der Waals surface area contributed by atoms with Crippen LogP contribution in [0.5, 0.6) is 0 Å². The lowest BCUT2D eigenvalue weighted by Gasteiger charge is -2.27. The Balaban J connectivity index is 1.88. The summed E-state index contributed by atoms with van der Waals surface area (Å²) in [6.45, 7) is 9.60. The summed E-state index contributed by atoms with van der Waals surface area (Å²) in [4.78, 5) is 26.5. The Kier molecular flexibility index (Phi) is 5.52. The quantitative estimate of drug-likeness (QED) is 0.763. The zero-order chi connectivity index (χ0) is 17.1. The van der Waals surface area contributed by atoms with Gasteiger partial charge >= 0.3 is 12.1 Å². The third kappa shape index (κ3) is 4.81. The maximum atomic E-state index is 12.1. The highest BCUT2D eigenvalue weighted by atomic mass is 16.6. The van der Waals surface area contributed by atoms with Gasteiger partial charge in [0.2, 0.25) is 0 Å². The molecule has 0 spiro atoms. The third-order valence-corrected chi connectivity index (χ3v) is 4.28. The number of hydrogen-bond acceptors (Lipinski definition) is 6. The number of carbonyl (C=O) groups is 2. The largest absolute Gasteiger partial charge is 0.467 e. The molecule has 23 heavy (non-hydrogen) atoms. The van der Waals surface area contributed by atoms with Crippen LogP contribution in [0.2, 0.25) is 0 Å². The van der Waals surface area contributed by atoms with Crippen LogP contribution in [-0.2, 0) is 19.0 Å². The minimum absolute atomic E-state index is 0.0883. The van der Waals surface area contributed by atoms with Crippen molar-refractivity contribution in [3.05, 3.63) is 0 Å². The van der Waals surface area contributed by atoms with Gasteiger partial charge in [0.1, 0.15) is 11.1 Å². The summed E-state index contributed by atoms with van der Waals surface area (Å²) < 4.78 is 15.5. The molecule has 1 heterocycles. The van der Waals surface area contributed by atoms with E-state index in [2.05, 4.69) is 10.2 Å². The van der Waals surface area contributed by atoms with Gasteiger partial charge in [0.05, 0.1) is 20.3 Å². The fourth-order valence-electron chi connectivity index (χ4n) is 2.96. The van der Waals surface area contributed by atoms with E-state index in [1.807, 2.05) is 0 Å². The van der Waals surface area contributed by atoms with Gasteiger partial charge in [-0.2, -0.15) is 0 Å². The summed E-state index contributed by atoms with van der Waals surface area (Å²) in [5.41, 5.74) is -1.52. The Morgan fingerprint density at radius 2 is 1.96 bits per heavy atom. The number of nitrogens with one attached hydrogen (secondary N) is 1. The summed E-state index contributed by atoms with van der Waals surface area (Å²) in [6.07, 6.45) is 0.866. The fraction of sp³-hybridized carbons (Fsp3) is 0.875. The number of alkyl carbamates (subject to hydrolysis) is 1. The molecule has 7 nitrogen and oxygen atoms in total. The summed E-state index contributed by atoms with van der Waals surface area (Å²) in [5.74, 6) is -0.305. The SMILES string of the molecule is COC(=O)[C@@]1(NC(=O)OC(C)(C)C)C[C@H]1CCN1CCOCC1. The van der Waals surface area contributed by atoms with Crippen molar-refractivity contribution in [3.8, 4) is 0 Å². The molecule has 0 bridgehead atoms. The van der Waals surface area contributed by atoms with Crippen LogP contribution >= 0.6 is 0 Å². The summed E-state index contributed by atoms with van der Waals surface area (Å²) in [7, 11) is 1.35. The second-order valence-electron chi connectivity index (χ2n) is 7.23. The van der Waals surface area contributed by atoms with E-state index < -0.39 is 23.2 Å². The maximum Gasteiger partial charge on any atom is 0.408 e.